The van der Waals surface area contributed by atoms with E-state index in [1.54, 1.807) is 4.57 Å². The number of halogens is 1. The quantitative estimate of drug-likeness (QED) is 0.717. The van der Waals surface area contributed by atoms with Crippen LogP contribution in [0.3, 0.4) is 0 Å². The molecule has 1 aliphatic heterocycles. The molecule has 1 N–H and O–H groups in total. The zero-order chi connectivity index (χ0) is 18.1. The first-order valence-electron chi connectivity index (χ1n) is 8.28. The van der Waals surface area contributed by atoms with Gasteiger partial charge in [0.15, 0.2) is 5.13 Å². The van der Waals surface area contributed by atoms with Gasteiger partial charge >= 0.3 is 5.69 Å². The number of fused-ring (bicyclic) bond motifs is 1. The Morgan fingerprint density at radius 2 is 2.19 bits per heavy atom. The van der Waals surface area contributed by atoms with Gasteiger partial charge in [0.1, 0.15) is 12.4 Å². The van der Waals surface area contributed by atoms with Gasteiger partial charge in [-0.05, 0) is 25.0 Å². The third-order valence-corrected chi connectivity index (χ3v) is 6.16. The van der Waals surface area contributed by atoms with E-state index in [1.807, 2.05) is 17.5 Å². The molecule has 4 rings (SSSR count). The highest BCUT2D eigenvalue weighted by Crippen LogP contribution is 2.32. The van der Waals surface area contributed by atoms with Crippen LogP contribution in [-0.2, 0) is 24.3 Å². The van der Waals surface area contributed by atoms with Crippen molar-refractivity contribution in [1.82, 2.24) is 19.3 Å². The first kappa shape index (κ1) is 17.4. The van der Waals surface area contributed by atoms with Gasteiger partial charge in [0.05, 0.1) is 14.9 Å². The molecular weight excluding hydrogens is 394 g/mol. The van der Waals surface area contributed by atoms with Crippen molar-refractivity contribution in [2.45, 2.75) is 38.8 Å². The summed E-state index contributed by atoms with van der Waals surface area (Å²) in [6.07, 6.45) is 3.88. The molecule has 0 fully saturated rings. The minimum Gasteiger partial charge on any atom is -0.300 e. The number of hydrogen-bond acceptors (Lipinski definition) is 6. The summed E-state index contributed by atoms with van der Waals surface area (Å²) in [7, 11) is 0. The standard InChI is InChI=1S/C16H16ClN5O2S2/c17-12-6-5-11(26-12)10-9-25-15(18-10)19-14(23)8-22-16(24)21-7-3-1-2-4-13(21)20-22/h5-6,9H,1-4,7-8H2,(H,18,19,23). The van der Waals surface area contributed by atoms with Crippen molar-refractivity contribution in [3.05, 3.63) is 38.2 Å². The lowest BCUT2D eigenvalue weighted by molar-refractivity contribution is -0.117. The number of thiophene rings is 1. The van der Waals surface area contributed by atoms with Crippen LogP contribution in [0.25, 0.3) is 10.6 Å². The molecule has 0 saturated heterocycles. The second-order valence-corrected chi connectivity index (χ2v) is 8.58. The summed E-state index contributed by atoms with van der Waals surface area (Å²) < 4.78 is 3.61. The van der Waals surface area contributed by atoms with Gasteiger partial charge < -0.3 is 5.32 Å². The number of carbonyl (C=O) groups is 1. The minimum absolute atomic E-state index is 0.113. The maximum absolute atomic E-state index is 12.4. The van der Waals surface area contributed by atoms with Crippen molar-refractivity contribution in [2.75, 3.05) is 5.32 Å². The van der Waals surface area contributed by atoms with Gasteiger partial charge in [-0.3, -0.25) is 9.36 Å². The fraction of sp³-hybridized carbons (Fsp3) is 0.375. The van der Waals surface area contributed by atoms with Gasteiger partial charge in [0, 0.05) is 18.3 Å². The zero-order valence-corrected chi connectivity index (χ0v) is 16.2. The first-order chi connectivity index (χ1) is 12.6. The highest BCUT2D eigenvalue weighted by atomic mass is 35.5. The summed E-state index contributed by atoms with van der Waals surface area (Å²) in [5.41, 5.74) is 0.554. The van der Waals surface area contributed by atoms with Crippen molar-refractivity contribution in [2.24, 2.45) is 0 Å². The number of nitrogens with zero attached hydrogens (tertiary/aromatic N) is 4. The Morgan fingerprint density at radius 3 is 3.00 bits per heavy atom. The number of aryl methyl sites for hydroxylation is 1. The Hall–Kier alpha value is -1.97. The summed E-state index contributed by atoms with van der Waals surface area (Å²) in [5, 5.41) is 9.42. The smallest absolute Gasteiger partial charge is 0.300 e. The number of thiazole rings is 1. The number of aromatic nitrogens is 4. The SMILES string of the molecule is O=C(Cn1nc2n(c1=O)CCCCC2)Nc1nc(-c2ccc(Cl)s2)cs1. The van der Waals surface area contributed by atoms with E-state index in [9.17, 15) is 9.59 Å². The van der Waals surface area contributed by atoms with Crippen LogP contribution in [0.15, 0.2) is 22.3 Å². The molecule has 7 nitrogen and oxygen atoms in total. The van der Waals surface area contributed by atoms with Gasteiger partial charge in [0.25, 0.3) is 0 Å². The molecule has 0 aliphatic carbocycles. The van der Waals surface area contributed by atoms with Crippen LogP contribution in [-0.4, -0.2) is 25.2 Å². The second kappa shape index (κ2) is 7.34. The molecule has 4 heterocycles. The molecular formula is C16H16ClN5O2S2. The summed E-state index contributed by atoms with van der Waals surface area (Å²) in [5.74, 6) is 0.455. The summed E-state index contributed by atoms with van der Waals surface area (Å²) in [6, 6.07) is 3.71. The largest absolute Gasteiger partial charge is 0.346 e. The zero-order valence-electron chi connectivity index (χ0n) is 13.8. The number of rotatable bonds is 4. The topological polar surface area (TPSA) is 81.8 Å². The molecule has 3 aromatic rings. The summed E-state index contributed by atoms with van der Waals surface area (Å²) in [6.45, 7) is 0.563. The lowest BCUT2D eigenvalue weighted by atomic mass is 10.2. The van der Waals surface area contributed by atoms with Gasteiger partial charge in [-0.2, -0.15) is 5.10 Å². The Labute approximate surface area is 162 Å². The third-order valence-electron chi connectivity index (χ3n) is 4.15. The number of anilines is 1. The summed E-state index contributed by atoms with van der Waals surface area (Å²) >= 11 is 8.71. The molecule has 1 aliphatic rings. The molecule has 136 valence electrons. The van der Waals surface area contributed by atoms with Crippen LogP contribution in [0.1, 0.15) is 25.1 Å². The van der Waals surface area contributed by atoms with Gasteiger partial charge in [-0.25, -0.2) is 14.5 Å². The average molecular weight is 410 g/mol. The van der Waals surface area contributed by atoms with Crippen LogP contribution in [0.5, 0.6) is 0 Å². The first-order valence-corrected chi connectivity index (χ1v) is 10.3. The molecule has 0 atom stereocenters. The van der Waals surface area contributed by atoms with Gasteiger partial charge in [-0.1, -0.05) is 18.0 Å². The molecule has 0 unspecified atom stereocenters. The van der Waals surface area contributed by atoms with E-state index < -0.39 is 0 Å². The van der Waals surface area contributed by atoms with Gasteiger partial charge in [0.2, 0.25) is 5.91 Å². The van der Waals surface area contributed by atoms with E-state index in [1.165, 1.54) is 27.4 Å². The van der Waals surface area contributed by atoms with Crippen LogP contribution < -0.4 is 11.0 Å². The van der Waals surface area contributed by atoms with Crippen LogP contribution in [0.2, 0.25) is 4.34 Å². The van der Waals surface area contributed by atoms with Crippen LogP contribution in [0.4, 0.5) is 5.13 Å². The van der Waals surface area contributed by atoms with E-state index in [2.05, 4.69) is 15.4 Å². The monoisotopic (exact) mass is 409 g/mol. The Kier molecular flexibility index (Phi) is 4.92. The van der Waals surface area contributed by atoms with Crippen molar-refractivity contribution >= 4 is 45.3 Å². The molecule has 0 radical (unpaired) electrons. The molecule has 10 heteroatoms. The number of hydrogen-bond donors (Lipinski definition) is 1. The molecule has 1 amide bonds. The van der Waals surface area contributed by atoms with E-state index in [0.717, 1.165) is 42.1 Å². The van der Waals surface area contributed by atoms with E-state index in [4.69, 9.17) is 11.6 Å². The van der Waals surface area contributed by atoms with Crippen LogP contribution in [0, 0.1) is 0 Å². The molecule has 3 aromatic heterocycles. The number of amides is 1. The second-order valence-electron chi connectivity index (χ2n) is 6.01. The van der Waals surface area contributed by atoms with Crippen molar-refractivity contribution in [1.29, 1.82) is 0 Å². The number of carbonyl (C=O) groups excluding carboxylic acids is 1. The molecule has 0 bridgehead atoms. The van der Waals surface area contributed by atoms with Crippen molar-refractivity contribution in [3.63, 3.8) is 0 Å². The molecule has 26 heavy (non-hydrogen) atoms. The van der Waals surface area contributed by atoms with E-state index in [0.29, 0.717) is 16.0 Å². The van der Waals surface area contributed by atoms with Gasteiger partial charge in [-0.15, -0.1) is 22.7 Å². The lowest BCUT2D eigenvalue weighted by Gasteiger charge is -2.01. The van der Waals surface area contributed by atoms with Crippen LogP contribution >= 0.6 is 34.3 Å². The van der Waals surface area contributed by atoms with E-state index >= 15 is 0 Å². The van der Waals surface area contributed by atoms with Crippen molar-refractivity contribution < 1.29 is 4.79 Å². The molecule has 0 aromatic carbocycles. The summed E-state index contributed by atoms with van der Waals surface area (Å²) in [4.78, 5) is 30.0. The highest BCUT2D eigenvalue weighted by molar-refractivity contribution is 7.20. The predicted octanol–water partition coefficient (Wildman–Crippen LogP) is 3.25. The Morgan fingerprint density at radius 1 is 1.31 bits per heavy atom. The molecule has 0 saturated carbocycles. The van der Waals surface area contributed by atoms with E-state index in [-0.39, 0.29) is 18.1 Å². The maximum Gasteiger partial charge on any atom is 0.346 e. The third kappa shape index (κ3) is 3.60. The average Bonchev–Trinajstić information content (AvgIpc) is 3.25. The highest BCUT2D eigenvalue weighted by Gasteiger charge is 2.18. The normalized spacial score (nSPS) is 14.0. The Bertz CT molecular complexity index is 1000. The number of nitrogens with one attached hydrogen (secondary N) is 1. The fourth-order valence-corrected chi connectivity index (χ4v) is 4.72. The fourth-order valence-electron chi connectivity index (χ4n) is 2.92. The minimum atomic E-state index is -0.314. The van der Waals surface area contributed by atoms with Crippen molar-refractivity contribution in [3.8, 4) is 10.6 Å². The Balaban J connectivity index is 1.45. The lowest BCUT2D eigenvalue weighted by Crippen LogP contribution is -2.30. The predicted molar refractivity (Wildman–Crippen MR) is 103 cm³/mol. The maximum atomic E-state index is 12.4. The molecule has 0 spiro atoms.